The van der Waals surface area contributed by atoms with Crippen LogP contribution in [0.4, 0.5) is 5.69 Å². The predicted molar refractivity (Wildman–Crippen MR) is 121 cm³/mol. The third-order valence-corrected chi connectivity index (χ3v) is 9.99. The summed E-state index contributed by atoms with van der Waals surface area (Å²) in [5, 5.41) is 21.6. The fraction of sp³-hybridized carbons (Fsp3) is 0.808. The second kappa shape index (κ2) is 7.83. The van der Waals surface area contributed by atoms with Crippen molar-refractivity contribution in [1.82, 2.24) is 10.2 Å². The van der Waals surface area contributed by atoms with Gasteiger partial charge in [0.25, 0.3) is 0 Å². The van der Waals surface area contributed by atoms with Gasteiger partial charge in [0.15, 0.2) is 5.78 Å². The van der Waals surface area contributed by atoms with Gasteiger partial charge in [0.05, 0.1) is 30.2 Å². The number of aromatic nitrogens is 2. The Labute approximate surface area is 186 Å². The van der Waals surface area contributed by atoms with Gasteiger partial charge in [0.1, 0.15) is 0 Å². The van der Waals surface area contributed by atoms with Crippen LogP contribution in [0.15, 0.2) is 18.5 Å². The molecule has 0 aromatic carbocycles. The number of fused-ring (bicyclic) bond motifs is 5. The maximum atomic E-state index is 13.4. The van der Waals surface area contributed by atoms with E-state index >= 15 is 0 Å². The van der Waals surface area contributed by atoms with Crippen LogP contribution >= 0.6 is 0 Å². The largest absolute Gasteiger partial charge is 0.390 e. The van der Waals surface area contributed by atoms with Crippen LogP contribution in [-0.4, -0.2) is 33.2 Å². The summed E-state index contributed by atoms with van der Waals surface area (Å²) >= 11 is 0. The molecule has 4 saturated carbocycles. The summed E-state index contributed by atoms with van der Waals surface area (Å²) in [5.74, 6) is 4.92. The highest BCUT2D eigenvalue weighted by molar-refractivity contribution is 5.86. The minimum Gasteiger partial charge on any atom is -0.390 e. The molecule has 9 atom stereocenters. The molecule has 31 heavy (non-hydrogen) atoms. The first-order valence-electron chi connectivity index (χ1n) is 12.5. The third kappa shape index (κ3) is 3.71. The number of Topliss-reactive ketones (excluding diaryl/α,β-unsaturated/α-hetero) is 1. The van der Waals surface area contributed by atoms with E-state index in [0.29, 0.717) is 30.1 Å². The Hall–Kier alpha value is -1.49. The van der Waals surface area contributed by atoms with Crippen molar-refractivity contribution >= 4 is 11.5 Å². The molecule has 1 heterocycles. The third-order valence-electron chi connectivity index (χ3n) is 9.99. The van der Waals surface area contributed by atoms with E-state index in [1.54, 1.807) is 12.4 Å². The molecule has 0 bridgehead atoms. The molecule has 0 radical (unpaired) electrons. The van der Waals surface area contributed by atoms with Crippen LogP contribution in [0.3, 0.4) is 0 Å². The topological polar surface area (TPSA) is 75.1 Å². The molecule has 4 fully saturated rings. The zero-order chi connectivity index (χ0) is 21.8. The second-order valence-corrected chi connectivity index (χ2v) is 11.9. The van der Waals surface area contributed by atoms with Crippen molar-refractivity contribution in [2.45, 2.75) is 77.7 Å². The molecule has 2 N–H and O–H groups in total. The van der Waals surface area contributed by atoms with Crippen molar-refractivity contribution in [3.8, 4) is 0 Å². The summed E-state index contributed by atoms with van der Waals surface area (Å²) in [6.45, 7) is 7.28. The van der Waals surface area contributed by atoms with Crippen molar-refractivity contribution < 1.29 is 9.90 Å². The van der Waals surface area contributed by atoms with Crippen LogP contribution < -0.4 is 5.32 Å². The Morgan fingerprint density at radius 3 is 2.71 bits per heavy atom. The van der Waals surface area contributed by atoms with E-state index in [-0.39, 0.29) is 11.3 Å². The first-order valence-corrected chi connectivity index (χ1v) is 12.5. The minimum absolute atomic E-state index is 0.142. The van der Waals surface area contributed by atoms with E-state index in [2.05, 4.69) is 29.4 Å². The van der Waals surface area contributed by atoms with Gasteiger partial charge in [0, 0.05) is 5.92 Å². The highest BCUT2D eigenvalue weighted by Gasteiger charge is 2.60. The van der Waals surface area contributed by atoms with Crippen molar-refractivity contribution in [3.05, 3.63) is 18.5 Å². The van der Waals surface area contributed by atoms with Crippen molar-refractivity contribution in [2.24, 2.45) is 46.8 Å². The van der Waals surface area contributed by atoms with Crippen LogP contribution in [0.5, 0.6) is 0 Å². The van der Waals surface area contributed by atoms with Gasteiger partial charge >= 0.3 is 0 Å². The van der Waals surface area contributed by atoms with Gasteiger partial charge in [0.2, 0.25) is 0 Å². The summed E-state index contributed by atoms with van der Waals surface area (Å²) in [7, 11) is 0. The molecular formula is C26H39N3O2. The molecule has 170 valence electrons. The van der Waals surface area contributed by atoms with Gasteiger partial charge in [-0.3, -0.25) is 4.79 Å². The molecule has 0 amide bonds. The number of carbonyl (C=O) groups excluding carboxylic acids is 1. The van der Waals surface area contributed by atoms with Gasteiger partial charge in [-0.25, -0.2) is 0 Å². The van der Waals surface area contributed by atoms with Crippen molar-refractivity contribution in [1.29, 1.82) is 0 Å². The molecule has 0 saturated heterocycles. The zero-order valence-corrected chi connectivity index (χ0v) is 19.4. The Balaban J connectivity index is 1.30. The number of nitrogens with zero attached hydrogens (tertiary/aromatic N) is 2. The highest BCUT2D eigenvalue weighted by atomic mass is 16.3. The number of ketones is 1. The fourth-order valence-corrected chi connectivity index (χ4v) is 8.83. The summed E-state index contributed by atoms with van der Waals surface area (Å²) in [6, 6.07) is 1.87. The Morgan fingerprint density at radius 2 is 1.94 bits per heavy atom. The SMILES string of the molecule is C[C@@H]1C[C@H](C(=O)CNc2ccnnc2)[C@@]2(C)CC[C@H]3[C@@H](CC[C@@H]4C[C@](C)(O)CC[C@@H]43)[C@H]12. The lowest BCUT2D eigenvalue weighted by Gasteiger charge is -2.57. The van der Waals surface area contributed by atoms with Gasteiger partial charge in [-0.05, 0) is 105 Å². The Bertz CT molecular complexity index is 812. The molecule has 5 rings (SSSR count). The van der Waals surface area contributed by atoms with Gasteiger partial charge in [-0.1, -0.05) is 13.8 Å². The summed E-state index contributed by atoms with van der Waals surface area (Å²) in [6.07, 6.45) is 12.6. The highest BCUT2D eigenvalue weighted by Crippen LogP contribution is 2.66. The van der Waals surface area contributed by atoms with E-state index in [1.165, 1.54) is 32.1 Å². The van der Waals surface area contributed by atoms with E-state index in [4.69, 9.17) is 0 Å². The number of anilines is 1. The molecule has 4 aliphatic rings. The lowest BCUT2D eigenvalue weighted by molar-refractivity contribution is -0.131. The van der Waals surface area contributed by atoms with Crippen LogP contribution in [-0.2, 0) is 4.79 Å². The first kappa shape index (κ1) is 21.4. The molecule has 0 aliphatic heterocycles. The molecule has 0 unspecified atom stereocenters. The van der Waals surface area contributed by atoms with Crippen molar-refractivity contribution in [2.75, 3.05) is 11.9 Å². The number of rotatable bonds is 4. The van der Waals surface area contributed by atoms with Crippen LogP contribution in [0, 0.1) is 46.8 Å². The molecular weight excluding hydrogens is 386 g/mol. The van der Waals surface area contributed by atoms with Crippen molar-refractivity contribution in [3.63, 3.8) is 0 Å². The summed E-state index contributed by atoms with van der Waals surface area (Å²) < 4.78 is 0. The predicted octanol–water partition coefficient (Wildman–Crippen LogP) is 4.72. The number of nitrogens with one attached hydrogen (secondary N) is 1. The van der Waals surface area contributed by atoms with Gasteiger partial charge in [-0.15, -0.1) is 0 Å². The molecule has 1 aromatic heterocycles. The molecule has 5 heteroatoms. The van der Waals surface area contributed by atoms with E-state index in [0.717, 1.165) is 42.7 Å². The standard InChI is InChI=1S/C26H39N3O2/c1-16-12-22(23(30)15-27-18-8-11-28-29-14-18)26(3)10-7-20-19-6-9-25(2,31)13-17(19)4-5-21(20)24(16)26/h8,11,14,16-17,19-22,24,31H,4-7,9-10,12-13,15H2,1-3H3,(H,27,28)/t16-,17-,19+,20-,21-,22-,24+,25-,26-/m1/s1. The maximum Gasteiger partial charge on any atom is 0.155 e. The van der Waals surface area contributed by atoms with Crippen LogP contribution in [0.2, 0.25) is 0 Å². The first-order chi connectivity index (χ1) is 14.8. The summed E-state index contributed by atoms with van der Waals surface area (Å²) in [5.41, 5.74) is 0.557. The van der Waals surface area contributed by atoms with E-state index < -0.39 is 5.60 Å². The minimum atomic E-state index is -0.452. The van der Waals surface area contributed by atoms with E-state index in [1.807, 2.05) is 13.0 Å². The number of hydrogen-bond donors (Lipinski definition) is 2. The number of carbonyl (C=O) groups is 1. The fourth-order valence-electron chi connectivity index (χ4n) is 8.83. The smallest absolute Gasteiger partial charge is 0.155 e. The Kier molecular flexibility index (Phi) is 5.39. The lowest BCUT2D eigenvalue weighted by atomic mass is 9.48. The van der Waals surface area contributed by atoms with Crippen LogP contribution in [0.25, 0.3) is 0 Å². The van der Waals surface area contributed by atoms with Crippen LogP contribution in [0.1, 0.15) is 72.1 Å². The monoisotopic (exact) mass is 425 g/mol. The average molecular weight is 426 g/mol. The normalized spacial score (nSPS) is 46.5. The maximum absolute atomic E-state index is 13.4. The Morgan fingerprint density at radius 1 is 1.13 bits per heavy atom. The molecule has 1 aromatic rings. The van der Waals surface area contributed by atoms with Gasteiger partial charge < -0.3 is 10.4 Å². The lowest BCUT2D eigenvalue weighted by Crippen LogP contribution is -2.52. The quantitative estimate of drug-likeness (QED) is 0.730. The average Bonchev–Trinajstić information content (AvgIpc) is 3.02. The second-order valence-electron chi connectivity index (χ2n) is 11.9. The molecule has 0 spiro atoms. The molecule has 5 nitrogen and oxygen atoms in total. The molecule has 4 aliphatic carbocycles. The number of aliphatic hydroxyl groups is 1. The van der Waals surface area contributed by atoms with Gasteiger partial charge in [-0.2, -0.15) is 10.2 Å². The number of hydrogen-bond acceptors (Lipinski definition) is 5. The zero-order valence-electron chi connectivity index (χ0n) is 19.4. The summed E-state index contributed by atoms with van der Waals surface area (Å²) in [4.78, 5) is 13.4. The van der Waals surface area contributed by atoms with E-state index in [9.17, 15) is 9.90 Å².